The number of rotatable bonds is 2. The van der Waals surface area contributed by atoms with Crippen molar-refractivity contribution in [1.82, 2.24) is 19.5 Å². The van der Waals surface area contributed by atoms with Gasteiger partial charge in [0.05, 0.1) is 0 Å². The van der Waals surface area contributed by atoms with Gasteiger partial charge in [-0.2, -0.15) is 4.98 Å². The van der Waals surface area contributed by atoms with Gasteiger partial charge in [-0.25, -0.2) is 14.4 Å². The first kappa shape index (κ1) is 13.4. The first-order valence-corrected chi connectivity index (χ1v) is 7.04. The minimum atomic E-state index is -0.304. The van der Waals surface area contributed by atoms with Gasteiger partial charge in [-0.05, 0) is 36.4 Å². The van der Waals surface area contributed by atoms with Crippen LogP contribution in [-0.2, 0) is 0 Å². The fourth-order valence-corrected chi connectivity index (χ4v) is 2.50. The Labute approximate surface area is 131 Å². The van der Waals surface area contributed by atoms with E-state index in [-0.39, 0.29) is 11.8 Å². The third-order valence-electron chi connectivity index (χ3n) is 3.57. The van der Waals surface area contributed by atoms with E-state index < -0.39 is 0 Å². The molecule has 23 heavy (non-hydrogen) atoms. The molecule has 0 aliphatic carbocycles. The van der Waals surface area contributed by atoms with Crippen molar-refractivity contribution in [2.45, 2.75) is 0 Å². The molecule has 4 rings (SSSR count). The molecule has 0 saturated heterocycles. The Bertz CT molecular complexity index is 977. The molecule has 0 radical (unpaired) electrons. The molecule has 0 unspecified atom stereocenters. The summed E-state index contributed by atoms with van der Waals surface area (Å²) in [4.78, 5) is 13.0. The monoisotopic (exact) mass is 305 g/mol. The summed E-state index contributed by atoms with van der Waals surface area (Å²) in [7, 11) is 0. The second-order valence-electron chi connectivity index (χ2n) is 5.06. The summed E-state index contributed by atoms with van der Waals surface area (Å²) < 4.78 is 15.0. The van der Waals surface area contributed by atoms with Gasteiger partial charge in [0.15, 0.2) is 5.65 Å². The van der Waals surface area contributed by atoms with E-state index in [9.17, 15) is 4.39 Å². The predicted octanol–water partition coefficient (Wildman–Crippen LogP) is 3.20. The average molecular weight is 305 g/mol. The Morgan fingerprint density at radius 1 is 0.913 bits per heavy atom. The Morgan fingerprint density at radius 3 is 2.39 bits per heavy atom. The lowest BCUT2D eigenvalue weighted by atomic mass is 10.1. The first-order chi connectivity index (χ1) is 11.2. The molecule has 112 valence electrons. The largest absolute Gasteiger partial charge is 0.368 e. The highest BCUT2D eigenvalue weighted by molar-refractivity contribution is 5.89. The molecular formula is C17H12FN5. The number of imidazole rings is 1. The fraction of sp³-hybridized carbons (Fsp3) is 0. The van der Waals surface area contributed by atoms with Crippen LogP contribution in [0.2, 0.25) is 0 Å². The topological polar surface area (TPSA) is 69.6 Å². The van der Waals surface area contributed by atoms with Crippen molar-refractivity contribution >= 4 is 17.1 Å². The first-order valence-electron chi connectivity index (χ1n) is 7.04. The number of nitrogens with two attached hydrogens (primary N) is 1. The Balaban J connectivity index is 1.97. The number of benzene rings is 2. The van der Waals surface area contributed by atoms with Crippen LogP contribution in [0.15, 0.2) is 60.9 Å². The van der Waals surface area contributed by atoms with E-state index in [1.807, 2.05) is 34.9 Å². The van der Waals surface area contributed by atoms with Crippen LogP contribution in [0.25, 0.3) is 28.1 Å². The molecule has 0 aliphatic heterocycles. The van der Waals surface area contributed by atoms with Crippen LogP contribution in [0.5, 0.6) is 0 Å². The lowest BCUT2D eigenvalue weighted by Gasteiger charge is -2.06. The summed E-state index contributed by atoms with van der Waals surface area (Å²) in [6.45, 7) is 0. The molecule has 0 atom stereocenters. The molecule has 0 bridgehead atoms. The van der Waals surface area contributed by atoms with Crippen LogP contribution in [0.1, 0.15) is 0 Å². The number of hydrogen-bond acceptors (Lipinski definition) is 4. The van der Waals surface area contributed by atoms with Crippen molar-refractivity contribution < 1.29 is 4.39 Å². The van der Waals surface area contributed by atoms with Crippen LogP contribution in [0.3, 0.4) is 0 Å². The molecule has 0 aliphatic rings. The second kappa shape index (κ2) is 5.17. The van der Waals surface area contributed by atoms with E-state index >= 15 is 0 Å². The minimum absolute atomic E-state index is 0.148. The molecule has 6 heteroatoms. The third-order valence-corrected chi connectivity index (χ3v) is 3.57. The molecule has 5 nitrogen and oxygen atoms in total. The normalized spacial score (nSPS) is 11.0. The highest BCUT2D eigenvalue weighted by Gasteiger charge is 2.14. The number of anilines is 1. The van der Waals surface area contributed by atoms with Crippen LogP contribution in [0, 0.1) is 5.82 Å². The molecular weight excluding hydrogens is 293 g/mol. The van der Waals surface area contributed by atoms with Gasteiger partial charge in [0, 0.05) is 11.3 Å². The standard InChI is InChI=1S/C17H12FN5/c18-12-8-6-11(7-9-12)14-15-16(22-17(19)21-14)23(10-20-15)13-4-2-1-3-5-13/h1-10H,(H2,19,21,22). The number of aromatic nitrogens is 4. The van der Waals surface area contributed by atoms with Crippen LogP contribution in [0.4, 0.5) is 10.3 Å². The number of halogens is 1. The quantitative estimate of drug-likeness (QED) is 0.617. The summed E-state index contributed by atoms with van der Waals surface area (Å²) in [5.41, 5.74) is 9.35. The summed E-state index contributed by atoms with van der Waals surface area (Å²) in [5.74, 6) is -0.156. The summed E-state index contributed by atoms with van der Waals surface area (Å²) in [6.07, 6.45) is 1.68. The van der Waals surface area contributed by atoms with Crippen LogP contribution >= 0.6 is 0 Å². The van der Waals surface area contributed by atoms with Crippen molar-refractivity contribution in [2.24, 2.45) is 0 Å². The molecule has 0 spiro atoms. The molecule has 0 saturated carbocycles. The molecule has 0 fully saturated rings. The minimum Gasteiger partial charge on any atom is -0.368 e. The highest BCUT2D eigenvalue weighted by atomic mass is 19.1. The number of para-hydroxylation sites is 1. The van der Waals surface area contributed by atoms with Crippen molar-refractivity contribution in [3.8, 4) is 16.9 Å². The van der Waals surface area contributed by atoms with Gasteiger partial charge in [0.1, 0.15) is 23.4 Å². The number of hydrogen-bond donors (Lipinski definition) is 1. The molecule has 2 N–H and O–H groups in total. The number of nitrogens with zero attached hydrogens (tertiary/aromatic N) is 4. The van der Waals surface area contributed by atoms with E-state index in [1.165, 1.54) is 12.1 Å². The van der Waals surface area contributed by atoms with E-state index in [0.29, 0.717) is 16.9 Å². The zero-order valence-corrected chi connectivity index (χ0v) is 12.0. The van der Waals surface area contributed by atoms with E-state index in [4.69, 9.17) is 5.73 Å². The van der Waals surface area contributed by atoms with Crippen molar-refractivity contribution in [3.63, 3.8) is 0 Å². The maximum absolute atomic E-state index is 13.1. The maximum Gasteiger partial charge on any atom is 0.222 e. The van der Waals surface area contributed by atoms with Gasteiger partial charge >= 0.3 is 0 Å². The summed E-state index contributed by atoms with van der Waals surface area (Å²) in [5, 5.41) is 0. The van der Waals surface area contributed by atoms with Crippen LogP contribution < -0.4 is 5.73 Å². The fourth-order valence-electron chi connectivity index (χ4n) is 2.50. The number of nitrogen functional groups attached to an aromatic ring is 1. The SMILES string of the molecule is Nc1nc(-c2ccc(F)cc2)c2ncn(-c3ccccc3)c2n1. The second-order valence-corrected chi connectivity index (χ2v) is 5.06. The number of fused-ring (bicyclic) bond motifs is 1. The van der Waals surface area contributed by atoms with Gasteiger partial charge in [0.2, 0.25) is 5.95 Å². The van der Waals surface area contributed by atoms with E-state index in [0.717, 1.165) is 11.3 Å². The Kier molecular flexibility index (Phi) is 3.01. The molecule has 2 aromatic carbocycles. The van der Waals surface area contributed by atoms with Crippen molar-refractivity contribution in [3.05, 3.63) is 66.7 Å². The summed E-state index contributed by atoms with van der Waals surface area (Å²) in [6, 6.07) is 15.8. The Hall–Kier alpha value is -3.28. The summed E-state index contributed by atoms with van der Waals surface area (Å²) >= 11 is 0. The van der Waals surface area contributed by atoms with Crippen LogP contribution in [-0.4, -0.2) is 19.5 Å². The maximum atomic E-state index is 13.1. The molecule has 2 heterocycles. The predicted molar refractivity (Wildman–Crippen MR) is 86.5 cm³/mol. The van der Waals surface area contributed by atoms with Gasteiger partial charge in [-0.15, -0.1) is 0 Å². The molecule has 4 aromatic rings. The van der Waals surface area contributed by atoms with Gasteiger partial charge in [-0.3, -0.25) is 4.57 Å². The van der Waals surface area contributed by atoms with E-state index in [1.54, 1.807) is 18.5 Å². The lowest BCUT2D eigenvalue weighted by molar-refractivity contribution is 0.628. The van der Waals surface area contributed by atoms with E-state index in [2.05, 4.69) is 15.0 Å². The lowest BCUT2D eigenvalue weighted by Crippen LogP contribution is -2.01. The Morgan fingerprint density at radius 2 is 1.65 bits per heavy atom. The van der Waals surface area contributed by atoms with Gasteiger partial charge in [-0.1, -0.05) is 18.2 Å². The van der Waals surface area contributed by atoms with Gasteiger partial charge < -0.3 is 5.73 Å². The van der Waals surface area contributed by atoms with Crippen molar-refractivity contribution in [1.29, 1.82) is 0 Å². The zero-order chi connectivity index (χ0) is 15.8. The van der Waals surface area contributed by atoms with Gasteiger partial charge in [0.25, 0.3) is 0 Å². The molecule has 2 aromatic heterocycles. The third kappa shape index (κ3) is 2.30. The average Bonchev–Trinajstić information content (AvgIpc) is 2.99. The van der Waals surface area contributed by atoms with Crippen molar-refractivity contribution in [2.75, 3.05) is 5.73 Å². The highest BCUT2D eigenvalue weighted by Crippen LogP contribution is 2.27. The smallest absolute Gasteiger partial charge is 0.222 e. The zero-order valence-electron chi connectivity index (χ0n) is 12.0. The molecule has 0 amide bonds.